The standard InChI is InChI=1S/C13H19ClN2O2S/c1-9(7-15-2)13(17)16-11-4-5-12(14)10(6-11)8-19(3)18/h4-6,9,15H,7-8H2,1-3H3,(H,16,17). The number of carbonyl (C=O) groups excluding carboxylic acids is 1. The first-order valence-electron chi connectivity index (χ1n) is 5.98. The van der Waals surface area contributed by atoms with E-state index >= 15 is 0 Å². The summed E-state index contributed by atoms with van der Waals surface area (Å²) < 4.78 is 11.2. The van der Waals surface area contributed by atoms with Gasteiger partial charge in [-0.25, -0.2) is 0 Å². The van der Waals surface area contributed by atoms with Gasteiger partial charge >= 0.3 is 0 Å². The van der Waals surface area contributed by atoms with E-state index in [9.17, 15) is 9.00 Å². The first kappa shape index (κ1) is 16.1. The fourth-order valence-corrected chi connectivity index (χ4v) is 2.59. The summed E-state index contributed by atoms with van der Waals surface area (Å²) in [5, 5.41) is 6.36. The fraction of sp³-hybridized carbons (Fsp3) is 0.462. The summed E-state index contributed by atoms with van der Waals surface area (Å²) in [5.41, 5.74) is 1.46. The molecule has 0 aliphatic carbocycles. The van der Waals surface area contributed by atoms with E-state index < -0.39 is 10.8 Å². The highest BCUT2D eigenvalue weighted by Crippen LogP contribution is 2.22. The van der Waals surface area contributed by atoms with Gasteiger partial charge in [-0.05, 0) is 30.8 Å². The quantitative estimate of drug-likeness (QED) is 0.845. The maximum atomic E-state index is 11.9. The molecule has 4 nitrogen and oxygen atoms in total. The molecule has 2 atom stereocenters. The normalized spacial score (nSPS) is 13.9. The van der Waals surface area contributed by atoms with Crippen molar-refractivity contribution in [1.29, 1.82) is 0 Å². The summed E-state index contributed by atoms with van der Waals surface area (Å²) in [5.74, 6) is 0.207. The molecule has 1 aromatic rings. The van der Waals surface area contributed by atoms with Crippen molar-refractivity contribution in [2.75, 3.05) is 25.2 Å². The Balaban J connectivity index is 2.79. The van der Waals surface area contributed by atoms with Crippen molar-refractivity contribution in [3.05, 3.63) is 28.8 Å². The average molecular weight is 303 g/mol. The van der Waals surface area contributed by atoms with Gasteiger partial charge in [0.05, 0.1) is 0 Å². The highest BCUT2D eigenvalue weighted by molar-refractivity contribution is 7.83. The van der Waals surface area contributed by atoms with Gasteiger partial charge in [0, 0.05) is 46.0 Å². The molecule has 19 heavy (non-hydrogen) atoms. The van der Waals surface area contributed by atoms with Gasteiger partial charge in [0.15, 0.2) is 0 Å². The highest BCUT2D eigenvalue weighted by Gasteiger charge is 2.12. The molecule has 0 heterocycles. The van der Waals surface area contributed by atoms with Crippen LogP contribution in [0.15, 0.2) is 18.2 Å². The molecular formula is C13H19ClN2O2S. The van der Waals surface area contributed by atoms with Gasteiger partial charge in [0.2, 0.25) is 5.91 Å². The summed E-state index contributed by atoms with van der Waals surface area (Å²) in [7, 11) is 0.840. The third kappa shape index (κ3) is 5.30. The first-order valence-corrected chi connectivity index (χ1v) is 8.08. The first-order chi connectivity index (χ1) is 8.93. The van der Waals surface area contributed by atoms with Gasteiger partial charge in [-0.1, -0.05) is 18.5 Å². The molecule has 2 unspecified atom stereocenters. The van der Waals surface area contributed by atoms with E-state index in [1.807, 2.05) is 6.92 Å². The minimum Gasteiger partial charge on any atom is -0.326 e. The minimum atomic E-state index is -0.967. The second-order valence-electron chi connectivity index (χ2n) is 4.47. The number of anilines is 1. The zero-order chi connectivity index (χ0) is 14.4. The summed E-state index contributed by atoms with van der Waals surface area (Å²) in [6.45, 7) is 2.47. The van der Waals surface area contributed by atoms with Crippen molar-refractivity contribution < 1.29 is 9.00 Å². The summed E-state index contributed by atoms with van der Waals surface area (Å²) >= 11 is 6.03. The number of benzene rings is 1. The number of hydrogen-bond acceptors (Lipinski definition) is 3. The van der Waals surface area contributed by atoms with Gasteiger partial charge < -0.3 is 10.6 Å². The second-order valence-corrected chi connectivity index (χ2v) is 6.31. The van der Waals surface area contributed by atoms with E-state index in [0.717, 1.165) is 5.56 Å². The molecule has 0 radical (unpaired) electrons. The van der Waals surface area contributed by atoms with E-state index in [2.05, 4.69) is 10.6 Å². The Morgan fingerprint density at radius 3 is 2.74 bits per heavy atom. The van der Waals surface area contributed by atoms with Crippen molar-refractivity contribution in [1.82, 2.24) is 5.32 Å². The van der Waals surface area contributed by atoms with Crippen LogP contribution in [0.4, 0.5) is 5.69 Å². The Labute approximate surface area is 121 Å². The molecule has 0 spiro atoms. The Morgan fingerprint density at radius 2 is 2.16 bits per heavy atom. The molecule has 0 saturated carbocycles. The number of halogens is 1. The van der Waals surface area contributed by atoms with Crippen LogP contribution in [0, 0.1) is 5.92 Å². The van der Waals surface area contributed by atoms with Crippen LogP contribution in [-0.4, -0.2) is 30.0 Å². The summed E-state index contributed by atoms with van der Waals surface area (Å²) in [6, 6.07) is 5.23. The SMILES string of the molecule is CNCC(C)C(=O)Nc1ccc(Cl)c(CS(C)=O)c1. The molecule has 1 amide bonds. The number of nitrogens with one attached hydrogen (secondary N) is 2. The van der Waals surface area contributed by atoms with Gasteiger partial charge in [-0.2, -0.15) is 0 Å². The molecule has 0 aromatic heterocycles. The fourth-order valence-electron chi connectivity index (χ4n) is 1.65. The molecule has 0 fully saturated rings. The van der Waals surface area contributed by atoms with Gasteiger partial charge in [0.25, 0.3) is 0 Å². The van der Waals surface area contributed by atoms with Crippen LogP contribution < -0.4 is 10.6 Å². The molecule has 6 heteroatoms. The number of amides is 1. The van der Waals surface area contributed by atoms with Crippen LogP contribution in [-0.2, 0) is 21.3 Å². The topological polar surface area (TPSA) is 58.2 Å². The van der Waals surface area contributed by atoms with E-state index in [1.165, 1.54) is 0 Å². The van der Waals surface area contributed by atoms with E-state index in [-0.39, 0.29) is 11.8 Å². The highest BCUT2D eigenvalue weighted by atomic mass is 35.5. The number of carbonyl (C=O) groups is 1. The lowest BCUT2D eigenvalue weighted by atomic mass is 10.1. The molecule has 0 aliphatic heterocycles. The smallest absolute Gasteiger partial charge is 0.228 e. The molecule has 0 bridgehead atoms. The maximum absolute atomic E-state index is 11.9. The summed E-state index contributed by atoms with van der Waals surface area (Å²) in [6.07, 6.45) is 1.62. The van der Waals surface area contributed by atoms with Crippen LogP contribution in [0.1, 0.15) is 12.5 Å². The van der Waals surface area contributed by atoms with Crippen molar-refractivity contribution in [3.63, 3.8) is 0 Å². The third-order valence-electron chi connectivity index (χ3n) is 2.63. The second kappa shape index (κ2) is 7.62. The monoisotopic (exact) mass is 302 g/mol. The van der Waals surface area contributed by atoms with Crippen LogP contribution in [0.2, 0.25) is 5.02 Å². The Kier molecular flexibility index (Phi) is 6.48. The lowest BCUT2D eigenvalue weighted by Crippen LogP contribution is -2.28. The molecule has 2 N–H and O–H groups in total. The van der Waals surface area contributed by atoms with E-state index in [4.69, 9.17) is 11.6 Å². The Bertz CT molecular complexity index is 480. The van der Waals surface area contributed by atoms with Crippen molar-refractivity contribution in [2.45, 2.75) is 12.7 Å². The minimum absolute atomic E-state index is 0.0553. The van der Waals surface area contributed by atoms with Gasteiger partial charge in [-0.3, -0.25) is 9.00 Å². The Morgan fingerprint density at radius 1 is 1.47 bits per heavy atom. The lowest BCUT2D eigenvalue weighted by molar-refractivity contribution is -0.119. The van der Waals surface area contributed by atoms with E-state index in [0.29, 0.717) is 23.0 Å². The van der Waals surface area contributed by atoms with Crippen LogP contribution in [0.3, 0.4) is 0 Å². The summed E-state index contributed by atoms with van der Waals surface area (Å²) in [4.78, 5) is 11.9. The third-order valence-corrected chi connectivity index (χ3v) is 3.72. The van der Waals surface area contributed by atoms with Crippen molar-refractivity contribution >= 4 is 34.0 Å². The zero-order valence-electron chi connectivity index (χ0n) is 11.3. The van der Waals surface area contributed by atoms with Crippen LogP contribution in [0.25, 0.3) is 0 Å². The van der Waals surface area contributed by atoms with Crippen molar-refractivity contribution in [3.8, 4) is 0 Å². The number of hydrogen-bond donors (Lipinski definition) is 2. The maximum Gasteiger partial charge on any atom is 0.228 e. The molecule has 106 valence electrons. The number of rotatable bonds is 6. The van der Waals surface area contributed by atoms with Crippen molar-refractivity contribution in [2.24, 2.45) is 5.92 Å². The zero-order valence-corrected chi connectivity index (χ0v) is 12.9. The van der Waals surface area contributed by atoms with Gasteiger partial charge in [-0.15, -0.1) is 0 Å². The molecule has 0 aliphatic rings. The predicted octanol–water partition coefficient (Wildman–Crippen LogP) is 2.01. The molecule has 0 saturated heterocycles. The van der Waals surface area contributed by atoms with Crippen LogP contribution >= 0.6 is 11.6 Å². The lowest BCUT2D eigenvalue weighted by Gasteiger charge is -2.13. The molecular weight excluding hydrogens is 284 g/mol. The molecule has 1 rings (SSSR count). The average Bonchev–Trinajstić information content (AvgIpc) is 2.33. The van der Waals surface area contributed by atoms with Gasteiger partial charge in [0.1, 0.15) is 0 Å². The van der Waals surface area contributed by atoms with Crippen LogP contribution in [0.5, 0.6) is 0 Å². The predicted molar refractivity (Wildman–Crippen MR) is 80.9 cm³/mol. The Hall–Kier alpha value is -0.910. The molecule has 1 aromatic carbocycles. The largest absolute Gasteiger partial charge is 0.326 e. The van der Waals surface area contributed by atoms with E-state index in [1.54, 1.807) is 31.5 Å².